The SMILES string of the molecule is C=C(C)C(=O)NCCCNC(=O)C(CSOO[O-])NS(=O)(=O)c1ccc(OS(=O)(=O)c2cc(O)c3ccc4c(S(=O)(=O)NC(CS(=O)(=O)[O-])C(=O)NCCCNC(=O)C(=C)C)cc(S(=O)(=O)NC(CSOO[O-])C(=O)NCCCNC(=O)C(=C)C)c5ccc2c3c54)cc1.[Na+].[Na+].[Na+]. The van der Waals surface area contributed by atoms with E-state index in [9.17, 15) is 91.0 Å². The minimum Gasteiger partial charge on any atom is -0.748 e. The Labute approximate surface area is 627 Å². The Balaban J connectivity index is 0.0000105. The van der Waals surface area contributed by atoms with Crippen LogP contribution in [0.4, 0.5) is 0 Å². The number of phenolic OH excluding ortho intramolecular Hbond substituents is 1. The van der Waals surface area contributed by atoms with Crippen LogP contribution in [0.2, 0.25) is 0 Å². The van der Waals surface area contributed by atoms with Crippen molar-refractivity contribution in [1.82, 2.24) is 46.1 Å². The number of phenols is 1. The molecule has 5 aromatic rings. The van der Waals surface area contributed by atoms with E-state index in [0.29, 0.717) is 12.1 Å². The van der Waals surface area contributed by atoms with Crippen LogP contribution in [0.25, 0.3) is 32.3 Å². The van der Waals surface area contributed by atoms with Crippen molar-refractivity contribution >= 4 is 142 Å². The van der Waals surface area contributed by atoms with Crippen LogP contribution in [0.5, 0.6) is 11.5 Å². The summed E-state index contributed by atoms with van der Waals surface area (Å²) in [5.74, 6) is -9.30. The number of carbonyl (C=O) groups excluding carboxylic acids is 6. The monoisotopic (exact) mass is 1510 g/mol. The molecule has 0 bridgehead atoms. The van der Waals surface area contributed by atoms with Crippen LogP contribution >= 0.6 is 24.1 Å². The zero-order valence-corrected chi connectivity index (χ0v) is 63.9. The Morgan fingerprint density at radius 2 is 0.833 bits per heavy atom. The average Bonchev–Trinajstić information content (AvgIpc) is 0.706. The van der Waals surface area contributed by atoms with Crippen molar-refractivity contribution in [2.75, 3.05) is 56.5 Å². The van der Waals surface area contributed by atoms with Gasteiger partial charge in [-0.2, -0.15) is 31.3 Å². The first kappa shape index (κ1) is 87.9. The topological polar surface area (TPSA) is 517 Å². The molecule has 44 heteroatoms. The Morgan fingerprint density at radius 3 is 1.22 bits per heavy atom. The molecule has 0 aliphatic carbocycles. The van der Waals surface area contributed by atoms with Gasteiger partial charge < -0.3 is 56.3 Å². The summed E-state index contributed by atoms with van der Waals surface area (Å²) in [5.41, 5.74) is 0.552. The number of nitrogens with one attached hydrogen (secondary N) is 9. The van der Waals surface area contributed by atoms with Crippen LogP contribution in [-0.4, -0.2) is 162 Å². The summed E-state index contributed by atoms with van der Waals surface area (Å²) in [6, 6.07) is 2.84. The maximum absolute atomic E-state index is 14.9. The van der Waals surface area contributed by atoms with E-state index in [4.69, 9.17) is 4.18 Å². The molecule has 0 heterocycles. The second-order valence-electron chi connectivity index (χ2n) is 20.0. The molecule has 5 aromatic carbocycles. The fourth-order valence-corrected chi connectivity index (χ4v) is 15.5. The van der Waals surface area contributed by atoms with E-state index in [2.05, 4.69) is 79.8 Å². The molecule has 0 aliphatic heterocycles. The number of benzene rings is 5. The molecular weight excluding hydrogens is 1440 g/mol. The summed E-state index contributed by atoms with van der Waals surface area (Å²) in [5, 5.41) is 51.7. The van der Waals surface area contributed by atoms with E-state index in [1.54, 1.807) is 0 Å². The molecule has 96 heavy (non-hydrogen) atoms. The van der Waals surface area contributed by atoms with Gasteiger partial charge >= 0.3 is 98.8 Å². The van der Waals surface area contributed by atoms with Crippen LogP contribution in [-0.2, 0) is 97.8 Å². The van der Waals surface area contributed by atoms with Crippen LogP contribution in [0.15, 0.2) is 117 Å². The Hall–Kier alpha value is -4.17. The molecule has 10 N–H and O–H groups in total. The van der Waals surface area contributed by atoms with Gasteiger partial charge in [-0.1, -0.05) is 37.9 Å². The van der Waals surface area contributed by atoms with Gasteiger partial charge in [-0.15, -0.1) is 0 Å². The predicted molar refractivity (Wildman–Crippen MR) is 329 cm³/mol. The maximum atomic E-state index is 14.9. The van der Waals surface area contributed by atoms with E-state index in [1.807, 2.05) is 4.72 Å². The van der Waals surface area contributed by atoms with Crippen LogP contribution in [0.1, 0.15) is 40.0 Å². The molecule has 0 radical (unpaired) electrons. The standard InChI is InChI=1S/C52H65N9O25S7.3Na/c1-29(2)47(63)53-18-7-21-56-50(66)38(26-87-85-83-69)59-90(74,75)33-12-10-32(11-13-33)82-93(80,81)44-24-41(62)34-14-15-35-43(92(78,79)61-40(28-89(71,72)73)52(68)58-23-9-20-55-49(65)31(5)6)25-42(36-16-17-37(44)45(34)46(35)36)91(76,77)60-39(27-88-86-84-70)51(67)57-22-8-19-54-48(64)30(3)4;;;/h10-17,24-25,38-40,59-62,69-70H,1,3,5,7-9,18-23,26-28H2,2,4,6H3,(H,53,63)(H,54,64)(H,55,65)(H,56,66)(H,57,67)(H,58,68)(H,71,72,73);;;/q;3*+1/p-3. The quantitative estimate of drug-likeness (QED) is 0.00200. The van der Waals surface area contributed by atoms with Crippen molar-refractivity contribution < 1.29 is 203 Å². The first-order valence-corrected chi connectivity index (χ1v) is 36.1. The Bertz CT molecular complexity index is 4260. The van der Waals surface area contributed by atoms with Crippen LogP contribution < -0.4 is 149 Å². The van der Waals surface area contributed by atoms with Gasteiger partial charge in [0, 0.05) is 130 Å². The van der Waals surface area contributed by atoms with Crippen molar-refractivity contribution in [3.63, 3.8) is 0 Å². The van der Waals surface area contributed by atoms with Gasteiger partial charge in [-0.3, -0.25) is 38.8 Å². The molecule has 0 fully saturated rings. The van der Waals surface area contributed by atoms with Crippen molar-refractivity contribution in [1.29, 1.82) is 0 Å². The number of amides is 6. The normalized spacial score (nSPS) is 12.8. The summed E-state index contributed by atoms with van der Waals surface area (Å²) < 4.78 is 172. The van der Waals surface area contributed by atoms with E-state index < -0.39 is 179 Å². The fraction of sp³-hybridized carbons (Fsp3) is 0.346. The molecule has 0 spiro atoms. The molecule has 5 rings (SSSR count). The largest absolute Gasteiger partial charge is 1.00 e. The third-order valence-corrected chi connectivity index (χ3v) is 20.5. The number of sulfonamides is 3. The van der Waals surface area contributed by atoms with E-state index >= 15 is 0 Å². The van der Waals surface area contributed by atoms with Gasteiger partial charge in [-0.25, -0.2) is 33.7 Å². The van der Waals surface area contributed by atoms with E-state index in [-0.39, 0.29) is 193 Å². The van der Waals surface area contributed by atoms with Gasteiger partial charge in [0.05, 0.1) is 30.6 Å². The smallest absolute Gasteiger partial charge is 0.748 e. The number of carbonyl (C=O) groups is 6. The second kappa shape index (κ2) is 39.7. The van der Waals surface area contributed by atoms with E-state index in [0.717, 1.165) is 48.5 Å². The van der Waals surface area contributed by atoms with Crippen molar-refractivity contribution in [3.8, 4) is 11.5 Å². The average molecular weight is 1510 g/mol. The van der Waals surface area contributed by atoms with Gasteiger partial charge in [0.2, 0.25) is 65.5 Å². The van der Waals surface area contributed by atoms with Gasteiger partial charge in [0.15, 0.2) is 0 Å². The summed E-state index contributed by atoms with van der Waals surface area (Å²) >= 11 is 0.406. The molecule has 34 nitrogen and oxygen atoms in total. The Morgan fingerprint density at radius 1 is 0.490 bits per heavy atom. The zero-order valence-electron chi connectivity index (χ0n) is 52.2. The number of rotatable bonds is 40. The van der Waals surface area contributed by atoms with Crippen LogP contribution in [0, 0.1) is 0 Å². The van der Waals surface area contributed by atoms with Crippen molar-refractivity contribution in [3.05, 3.63) is 97.1 Å². The van der Waals surface area contributed by atoms with Gasteiger partial charge in [-0.05, 0) is 76.4 Å². The number of aromatic hydroxyl groups is 1. The van der Waals surface area contributed by atoms with E-state index in [1.165, 1.54) is 20.8 Å². The Kier molecular flexibility index (Phi) is 36.4. The number of hydrogen-bond donors (Lipinski definition) is 10. The minimum absolute atomic E-state index is 0. The molecule has 6 amide bonds. The first-order chi connectivity index (χ1) is 43.5. The fourth-order valence-electron chi connectivity index (χ4n) is 8.39. The molecule has 3 unspecified atom stereocenters. The van der Waals surface area contributed by atoms with Gasteiger partial charge in [0.25, 0.3) is 0 Å². The molecule has 0 saturated heterocycles. The molecule has 3 atom stereocenters. The van der Waals surface area contributed by atoms with Crippen molar-refractivity contribution in [2.24, 2.45) is 0 Å². The first-order valence-electron chi connectivity index (χ1n) is 26.9. The van der Waals surface area contributed by atoms with Crippen LogP contribution in [0.3, 0.4) is 0 Å². The maximum Gasteiger partial charge on any atom is 1.00 e. The summed E-state index contributed by atoms with van der Waals surface area (Å²) in [6.45, 7) is 14.3. The molecule has 0 aliphatic rings. The predicted octanol–water partition coefficient (Wildman–Crippen LogP) is -11.1. The third-order valence-electron chi connectivity index (χ3n) is 12.8. The second-order valence-corrected chi connectivity index (χ2v) is 29.4. The summed E-state index contributed by atoms with van der Waals surface area (Å²) in [7, 11) is -26.3. The summed E-state index contributed by atoms with van der Waals surface area (Å²) in [4.78, 5) is 72.5. The molecule has 510 valence electrons. The minimum atomic E-state index is -5.54. The summed E-state index contributed by atoms with van der Waals surface area (Å²) in [6.07, 6.45) is 0.260. The number of hydrogen-bond acceptors (Lipinski definition) is 27. The molecular formula is C52H62N9Na3O25S7. The molecule has 0 aromatic heterocycles. The molecule has 0 saturated carbocycles. The third kappa shape index (κ3) is 25.5. The zero-order chi connectivity index (χ0) is 69.2. The van der Waals surface area contributed by atoms with Crippen molar-refractivity contribution in [2.45, 2.75) is 77.7 Å². The van der Waals surface area contributed by atoms with Gasteiger partial charge in [0.1, 0.15) is 34.5 Å².